The maximum Gasteiger partial charge on any atom is 0.120 e. The molecule has 0 amide bonds. The third-order valence-corrected chi connectivity index (χ3v) is 3.45. The van der Waals surface area contributed by atoms with Gasteiger partial charge in [0, 0.05) is 12.3 Å². The summed E-state index contributed by atoms with van der Waals surface area (Å²) in [4.78, 5) is 10.5. The number of hydrogen-bond donors (Lipinski definition) is 0. The molecule has 0 aromatic rings. The van der Waals surface area contributed by atoms with Gasteiger partial charge in [0.05, 0.1) is 0 Å². The predicted molar refractivity (Wildman–Crippen MR) is 55.9 cm³/mol. The van der Waals surface area contributed by atoms with Crippen LogP contribution in [0.3, 0.4) is 0 Å². The fraction of sp³-hybridized carbons (Fsp3) is 0.917. The third kappa shape index (κ3) is 3.07. The zero-order chi connectivity index (χ0) is 10.6. The minimum Gasteiger partial charge on any atom is -0.303 e. The summed E-state index contributed by atoms with van der Waals surface area (Å²) in [6.45, 7) is 3.21. The van der Waals surface area contributed by atoms with Gasteiger partial charge in [-0.15, -0.1) is 0 Å². The van der Waals surface area contributed by atoms with Crippen molar-refractivity contribution in [3.05, 3.63) is 0 Å². The molecule has 0 aromatic carbocycles. The first-order chi connectivity index (χ1) is 6.55. The number of aldehydes is 1. The fourth-order valence-electron chi connectivity index (χ4n) is 2.67. The lowest BCUT2D eigenvalue weighted by Gasteiger charge is -2.35. The average Bonchev–Trinajstić information content (AvgIpc) is 2.14. The van der Waals surface area contributed by atoms with Crippen LogP contribution in [0.4, 0.5) is 4.39 Å². The highest BCUT2D eigenvalue weighted by Crippen LogP contribution is 2.38. The first kappa shape index (κ1) is 11.7. The van der Waals surface area contributed by atoms with Crippen LogP contribution in [-0.4, -0.2) is 12.0 Å². The Morgan fingerprint density at radius 1 is 1.36 bits per heavy atom. The average molecular weight is 200 g/mol. The van der Waals surface area contributed by atoms with Crippen molar-refractivity contribution in [2.45, 2.75) is 58.0 Å². The van der Waals surface area contributed by atoms with E-state index in [1.54, 1.807) is 13.8 Å². The molecule has 1 fully saturated rings. The van der Waals surface area contributed by atoms with Gasteiger partial charge in [-0.3, -0.25) is 0 Å². The van der Waals surface area contributed by atoms with E-state index in [4.69, 9.17) is 0 Å². The van der Waals surface area contributed by atoms with E-state index in [0.29, 0.717) is 12.3 Å². The van der Waals surface area contributed by atoms with Crippen molar-refractivity contribution in [3.8, 4) is 0 Å². The van der Waals surface area contributed by atoms with E-state index < -0.39 is 5.67 Å². The summed E-state index contributed by atoms with van der Waals surface area (Å²) in [7, 11) is 0. The van der Waals surface area contributed by atoms with Crippen molar-refractivity contribution in [1.82, 2.24) is 0 Å². The number of carbonyl (C=O) groups is 1. The summed E-state index contributed by atoms with van der Waals surface area (Å²) in [5, 5.41) is 0. The smallest absolute Gasteiger partial charge is 0.120 e. The topological polar surface area (TPSA) is 17.1 Å². The Morgan fingerprint density at radius 3 is 2.36 bits per heavy atom. The van der Waals surface area contributed by atoms with Crippen LogP contribution in [0.15, 0.2) is 0 Å². The molecule has 0 aliphatic heterocycles. The fourth-order valence-corrected chi connectivity index (χ4v) is 2.67. The van der Waals surface area contributed by atoms with E-state index in [1.165, 1.54) is 19.3 Å². The van der Waals surface area contributed by atoms with Crippen LogP contribution in [0, 0.1) is 11.8 Å². The Bertz CT molecular complexity index is 177. The van der Waals surface area contributed by atoms with E-state index in [9.17, 15) is 9.18 Å². The van der Waals surface area contributed by atoms with E-state index in [2.05, 4.69) is 0 Å². The van der Waals surface area contributed by atoms with Crippen molar-refractivity contribution in [2.24, 2.45) is 11.8 Å². The van der Waals surface area contributed by atoms with Gasteiger partial charge in [0.15, 0.2) is 0 Å². The lowest BCUT2D eigenvalue weighted by molar-refractivity contribution is -0.110. The normalized spacial score (nSPS) is 21.9. The van der Waals surface area contributed by atoms with Crippen molar-refractivity contribution >= 4 is 6.29 Å². The molecule has 1 nitrogen and oxygen atoms in total. The van der Waals surface area contributed by atoms with Gasteiger partial charge in [-0.1, -0.05) is 32.1 Å². The van der Waals surface area contributed by atoms with Gasteiger partial charge in [0.25, 0.3) is 0 Å². The molecule has 0 bridgehead atoms. The molecule has 1 rings (SSSR count). The van der Waals surface area contributed by atoms with Gasteiger partial charge in [-0.2, -0.15) is 0 Å². The van der Waals surface area contributed by atoms with Crippen LogP contribution in [0.5, 0.6) is 0 Å². The number of hydrogen-bond acceptors (Lipinski definition) is 1. The zero-order valence-electron chi connectivity index (χ0n) is 9.26. The van der Waals surface area contributed by atoms with Gasteiger partial charge in [0.1, 0.15) is 12.0 Å². The molecule has 1 atom stereocenters. The highest BCUT2D eigenvalue weighted by Gasteiger charge is 2.35. The zero-order valence-corrected chi connectivity index (χ0v) is 9.26. The lowest BCUT2D eigenvalue weighted by Crippen LogP contribution is -2.34. The standard InChI is InChI=1S/C12H21FO/c1-12(2,13)11(8-9-14)10-6-4-3-5-7-10/h9-11H,3-8H2,1-2H3. The van der Waals surface area contributed by atoms with Crippen LogP contribution >= 0.6 is 0 Å². The van der Waals surface area contributed by atoms with Crippen molar-refractivity contribution in [1.29, 1.82) is 0 Å². The van der Waals surface area contributed by atoms with Crippen molar-refractivity contribution in [2.75, 3.05) is 0 Å². The third-order valence-electron chi connectivity index (χ3n) is 3.45. The Hall–Kier alpha value is -0.400. The predicted octanol–water partition coefficient (Wildman–Crippen LogP) is 3.52. The Kier molecular flexibility index (Phi) is 4.09. The van der Waals surface area contributed by atoms with Crippen LogP contribution < -0.4 is 0 Å². The largest absolute Gasteiger partial charge is 0.303 e. The number of alkyl halides is 1. The second kappa shape index (κ2) is 4.90. The van der Waals surface area contributed by atoms with E-state index in [0.717, 1.165) is 19.1 Å². The summed E-state index contributed by atoms with van der Waals surface area (Å²) in [6.07, 6.45) is 7.15. The SMILES string of the molecule is CC(C)(F)C(CC=O)C1CCCCC1. The van der Waals surface area contributed by atoms with Crippen LogP contribution in [0.25, 0.3) is 0 Å². The molecule has 1 unspecified atom stereocenters. The van der Waals surface area contributed by atoms with Gasteiger partial charge < -0.3 is 4.79 Å². The maximum absolute atomic E-state index is 13.9. The van der Waals surface area contributed by atoms with Crippen LogP contribution in [0.1, 0.15) is 52.4 Å². The van der Waals surface area contributed by atoms with Gasteiger partial charge in [0.2, 0.25) is 0 Å². The molecular weight excluding hydrogens is 179 g/mol. The summed E-state index contributed by atoms with van der Waals surface area (Å²) in [5.41, 5.74) is -1.21. The Balaban J connectivity index is 2.60. The first-order valence-corrected chi connectivity index (χ1v) is 5.68. The minimum absolute atomic E-state index is 0.0692. The lowest BCUT2D eigenvalue weighted by atomic mass is 9.72. The molecule has 2 heteroatoms. The van der Waals surface area contributed by atoms with Crippen LogP contribution in [0.2, 0.25) is 0 Å². The molecule has 1 saturated carbocycles. The number of carbonyl (C=O) groups excluding carboxylic acids is 1. The molecule has 82 valence electrons. The van der Waals surface area contributed by atoms with E-state index >= 15 is 0 Å². The van der Waals surface area contributed by atoms with Crippen molar-refractivity contribution in [3.63, 3.8) is 0 Å². The molecule has 0 spiro atoms. The second-order valence-corrected chi connectivity index (χ2v) is 4.97. The van der Waals surface area contributed by atoms with E-state index in [-0.39, 0.29) is 5.92 Å². The molecule has 0 aromatic heterocycles. The van der Waals surface area contributed by atoms with E-state index in [1.807, 2.05) is 0 Å². The summed E-state index contributed by atoms with van der Waals surface area (Å²) in [6, 6.07) is 0. The first-order valence-electron chi connectivity index (χ1n) is 5.68. The molecule has 1 aliphatic rings. The summed E-state index contributed by atoms with van der Waals surface area (Å²) >= 11 is 0. The molecular formula is C12H21FO. The quantitative estimate of drug-likeness (QED) is 0.634. The molecule has 0 N–H and O–H groups in total. The van der Waals surface area contributed by atoms with Crippen LogP contribution in [-0.2, 0) is 4.79 Å². The summed E-state index contributed by atoms with van der Waals surface area (Å²) < 4.78 is 13.9. The van der Waals surface area contributed by atoms with Gasteiger partial charge >= 0.3 is 0 Å². The highest BCUT2D eigenvalue weighted by atomic mass is 19.1. The Labute approximate surface area is 86.1 Å². The number of halogens is 1. The molecule has 0 heterocycles. The minimum atomic E-state index is -1.21. The summed E-state index contributed by atoms with van der Waals surface area (Å²) in [5.74, 6) is 0.356. The molecule has 1 aliphatic carbocycles. The molecule has 0 saturated heterocycles. The maximum atomic E-state index is 13.9. The van der Waals surface area contributed by atoms with Gasteiger partial charge in [-0.05, 0) is 19.8 Å². The Morgan fingerprint density at radius 2 is 1.93 bits per heavy atom. The van der Waals surface area contributed by atoms with Gasteiger partial charge in [-0.25, -0.2) is 4.39 Å². The van der Waals surface area contributed by atoms with Crippen molar-refractivity contribution < 1.29 is 9.18 Å². The second-order valence-electron chi connectivity index (χ2n) is 4.97. The number of rotatable bonds is 4. The highest BCUT2D eigenvalue weighted by molar-refractivity contribution is 5.50. The monoisotopic (exact) mass is 200 g/mol. The molecule has 0 radical (unpaired) electrons. The molecule has 14 heavy (non-hydrogen) atoms.